The summed E-state index contributed by atoms with van der Waals surface area (Å²) < 4.78 is 0. The van der Waals surface area contributed by atoms with E-state index in [1.165, 1.54) is 13.0 Å². The zero-order valence-electron chi connectivity index (χ0n) is 19.1. The number of fused-ring (bicyclic) bond motifs is 4. The first-order chi connectivity index (χ1) is 16.9. The Balaban J connectivity index is 1.71. The molecule has 0 aliphatic heterocycles. The number of allylic oxidation sites excluding steroid dienone is 2. The van der Waals surface area contributed by atoms with Gasteiger partial charge in [0.1, 0.15) is 17.1 Å². The Kier molecular flexibility index (Phi) is 5.44. The van der Waals surface area contributed by atoms with Crippen molar-refractivity contribution in [1.29, 1.82) is 0 Å². The molecule has 0 radical (unpaired) electrons. The minimum absolute atomic E-state index is 0.0781. The molecule has 3 aromatic heterocycles. The maximum atomic E-state index is 13.0. The summed E-state index contributed by atoms with van der Waals surface area (Å²) in [6, 6.07) is 12.5. The number of ketones is 2. The van der Waals surface area contributed by atoms with E-state index in [2.05, 4.69) is 25.6 Å². The van der Waals surface area contributed by atoms with Crippen LogP contribution in [-0.4, -0.2) is 44.9 Å². The highest BCUT2D eigenvalue weighted by Crippen LogP contribution is 2.33. The molecule has 0 unspecified atom stereocenters. The molecule has 0 spiro atoms. The van der Waals surface area contributed by atoms with Gasteiger partial charge in [0.25, 0.3) is 5.91 Å². The zero-order chi connectivity index (χ0) is 24.7. The van der Waals surface area contributed by atoms with Crippen LogP contribution >= 0.6 is 0 Å². The summed E-state index contributed by atoms with van der Waals surface area (Å²) in [4.78, 5) is 62.2. The quantitative estimate of drug-likeness (QED) is 0.412. The number of H-pyrrole nitrogens is 1. The van der Waals surface area contributed by atoms with Gasteiger partial charge in [0.05, 0.1) is 22.5 Å². The van der Waals surface area contributed by atoms with E-state index in [4.69, 9.17) is 0 Å². The molecule has 0 saturated heterocycles. The fourth-order valence-electron chi connectivity index (χ4n) is 4.12. The van der Waals surface area contributed by atoms with E-state index in [9.17, 15) is 19.2 Å². The minimum Gasteiger partial charge on any atom is -0.353 e. The fraction of sp³-hybridized carbons (Fsp3) is 0.154. The molecule has 3 heterocycles. The molecule has 1 aromatic carbocycles. The number of nitrogens with one attached hydrogen (secondary N) is 3. The Morgan fingerprint density at radius 2 is 1.80 bits per heavy atom. The van der Waals surface area contributed by atoms with Crippen molar-refractivity contribution in [2.24, 2.45) is 0 Å². The highest BCUT2D eigenvalue weighted by atomic mass is 16.2. The number of aromatic nitrogens is 3. The van der Waals surface area contributed by atoms with Crippen LogP contribution in [0.15, 0.2) is 54.2 Å². The normalized spacial score (nSPS) is 13.0. The van der Waals surface area contributed by atoms with Crippen LogP contribution in [0, 0.1) is 0 Å². The van der Waals surface area contributed by atoms with Gasteiger partial charge in [-0.05, 0) is 30.7 Å². The molecule has 5 rings (SSSR count). The summed E-state index contributed by atoms with van der Waals surface area (Å²) >= 11 is 0. The van der Waals surface area contributed by atoms with Gasteiger partial charge in [-0.25, -0.2) is 9.97 Å². The maximum Gasteiger partial charge on any atom is 0.269 e. The van der Waals surface area contributed by atoms with E-state index in [1.54, 1.807) is 12.1 Å². The number of benzene rings is 1. The molecule has 0 saturated carbocycles. The Hall–Kier alpha value is -4.66. The van der Waals surface area contributed by atoms with Crippen molar-refractivity contribution >= 4 is 45.2 Å². The first kappa shape index (κ1) is 22.1. The first-order valence-corrected chi connectivity index (χ1v) is 11.2. The molecular formula is C26H21N5O4. The molecule has 4 aromatic rings. The third-order valence-corrected chi connectivity index (χ3v) is 5.71. The lowest BCUT2D eigenvalue weighted by molar-refractivity contribution is -0.118. The lowest BCUT2D eigenvalue weighted by Gasteiger charge is -2.15. The Morgan fingerprint density at radius 3 is 2.57 bits per heavy atom. The number of amides is 2. The van der Waals surface area contributed by atoms with Crippen molar-refractivity contribution < 1.29 is 19.2 Å². The van der Waals surface area contributed by atoms with Crippen molar-refractivity contribution in [3.63, 3.8) is 0 Å². The number of hydrogen-bond acceptors (Lipinski definition) is 6. The summed E-state index contributed by atoms with van der Waals surface area (Å²) in [6.07, 6.45) is 1.88. The smallest absolute Gasteiger partial charge is 0.269 e. The Morgan fingerprint density at radius 1 is 1.00 bits per heavy atom. The van der Waals surface area contributed by atoms with Crippen LogP contribution in [0.1, 0.15) is 51.6 Å². The van der Waals surface area contributed by atoms with Gasteiger partial charge in [-0.3, -0.25) is 19.2 Å². The van der Waals surface area contributed by atoms with Gasteiger partial charge in [-0.1, -0.05) is 25.1 Å². The molecule has 0 bridgehead atoms. The standard InChI is InChI=1S/C26H21N5O4/c1-3-10-27-26(35)20-11-16-14-6-4-5-7-17(14)29-22(16)24(31-20)18-9-8-15-21(33)12-19(28-13(2)32)25(34)23(15)30-18/h4-9,11-12,29H,3,10H2,1-2H3,(H,27,35)(H,28,32). The summed E-state index contributed by atoms with van der Waals surface area (Å²) in [5, 5.41) is 6.93. The summed E-state index contributed by atoms with van der Waals surface area (Å²) in [6.45, 7) is 3.72. The number of para-hydroxylation sites is 1. The van der Waals surface area contributed by atoms with Crippen molar-refractivity contribution in [3.8, 4) is 11.4 Å². The molecule has 35 heavy (non-hydrogen) atoms. The largest absolute Gasteiger partial charge is 0.353 e. The third-order valence-electron chi connectivity index (χ3n) is 5.71. The number of pyridine rings is 2. The summed E-state index contributed by atoms with van der Waals surface area (Å²) in [5.41, 5.74) is 2.34. The molecule has 9 nitrogen and oxygen atoms in total. The lowest BCUT2D eigenvalue weighted by Crippen LogP contribution is -2.30. The highest BCUT2D eigenvalue weighted by Gasteiger charge is 2.29. The van der Waals surface area contributed by atoms with Crippen molar-refractivity contribution in [1.82, 2.24) is 25.6 Å². The molecule has 0 atom stereocenters. The number of nitrogens with zero attached hydrogens (tertiary/aromatic N) is 2. The van der Waals surface area contributed by atoms with Crippen LogP contribution in [0.3, 0.4) is 0 Å². The number of hydrogen-bond donors (Lipinski definition) is 3. The topological polar surface area (TPSA) is 134 Å². The SMILES string of the molecule is CCCNC(=O)c1cc2c([nH]c3ccccc32)c(-c2ccc3c(n2)C(=O)C(NC(C)=O)=CC3=O)n1. The number of rotatable bonds is 5. The van der Waals surface area contributed by atoms with Gasteiger partial charge in [-0.15, -0.1) is 0 Å². The Labute approximate surface area is 199 Å². The van der Waals surface area contributed by atoms with Gasteiger partial charge >= 0.3 is 0 Å². The zero-order valence-corrected chi connectivity index (χ0v) is 19.1. The molecule has 174 valence electrons. The van der Waals surface area contributed by atoms with Crippen LogP contribution in [-0.2, 0) is 4.79 Å². The van der Waals surface area contributed by atoms with Gasteiger partial charge in [0, 0.05) is 35.8 Å². The lowest BCUT2D eigenvalue weighted by atomic mass is 9.96. The minimum atomic E-state index is -0.568. The molecule has 3 N–H and O–H groups in total. The Bertz CT molecular complexity index is 1600. The highest BCUT2D eigenvalue weighted by molar-refractivity contribution is 6.24. The van der Waals surface area contributed by atoms with E-state index in [0.717, 1.165) is 28.8 Å². The van der Waals surface area contributed by atoms with E-state index >= 15 is 0 Å². The van der Waals surface area contributed by atoms with Gasteiger partial charge in [0.15, 0.2) is 5.78 Å². The van der Waals surface area contributed by atoms with Crippen molar-refractivity contribution in [2.75, 3.05) is 6.54 Å². The number of aromatic amines is 1. The van der Waals surface area contributed by atoms with Gasteiger partial charge in [-0.2, -0.15) is 0 Å². The maximum absolute atomic E-state index is 13.0. The molecule has 9 heteroatoms. The molecule has 2 amide bonds. The summed E-state index contributed by atoms with van der Waals surface area (Å²) in [7, 11) is 0. The second-order valence-electron chi connectivity index (χ2n) is 8.23. The van der Waals surface area contributed by atoms with Crippen LogP contribution in [0.2, 0.25) is 0 Å². The average Bonchev–Trinajstić information content (AvgIpc) is 3.23. The third kappa shape index (κ3) is 3.86. The second kappa shape index (κ2) is 8.60. The van der Waals surface area contributed by atoms with E-state index in [-0.39, 0.29) is 28.6 Å². The monoisotopic (exact) mass is 467 g/mol. The first-order valence-electron chi connectivity index (χ1n) is 11.2. The fourth-order valence-corrected chi connectivity index (χ4v) is 4.12. The van der Waals surface area contributed by atoms with Crippen LogP contribution < -0.4 is 10.6 Å². The predicted molar refractivity (Wildman–Crippen MR) is 130 cm³/mol. The van der Waals surface area contributed by atoms with Crippen LogP contribution in [0.25, 0.3) is 33.2 Å². The summed E-state index contributed by atoms with van der Waals surface area (Å²) in [5.74, 6) is -1.79. The van der Waals surface area contributed by atoms with Crippen molar-refractivity contribution in [3.05, 3.63) is 71.2 Å². The van der Waals surface area contributed by atoms with E-state index in [1.807, 2.05) is 31.2 Å². The molecular weight excluding hydrogens is 446 g/mol. The van der Waals surface area contributed by atoms with Gasteiger partial charge in [0.2, 0.25) is 11.7 Å². The van der Waals surface area contributed by atoms with Crippen molar-refractivity contribution in [2.45, 2.75) is 20.3 Å². The number of carbonyl (C=O) groups excluding carboxylic acids is 4. The van der Waals surface area contributed by atoms with E-state index in [0.29, 0.717) is 23.4 Å². The molecule has 1 aliphatic carbocycles. The van der Waals surface area contributed by atoms with Crippen LogP contribution in [0.4, 0.5) is 0 Å². The number of Topliss-reactive ketones (excluding diaryl/α,β-unsaturated/α-hetero) is 1. The van der Waals surface area contributed by atoms with E-state index < -0.39 is 17.5 Å². The molecule has 1 aliphatic rings. The van der Waals surface area contributed by atoms with Crippen LogP contribution in [0.5, 0.6) is 0 Å². The number of carbonyl (C=O) groups is 4. The second-order valence-corrected chi connectivity index (χ2v) is 8.23. The van der Waals surface area contributed by atoms with Gasteiger partial charge < -0.3 is 15.6 Å². The predicted octanol–water partition coefficient (Wildman–Crippen LogP) is 3.32. The molecule has 0 fully saturated rings. The average molecular weight is 467 g/mol.